The van der Waals surface area contributed by atoms with Gasteiger partial charge in [-0.15, -0.1) is 17.9 Å². The van der Waals surface area contributed by atoms with Crippen LogP contribution in [0.25, 0.3) is 10.6 Å². The normalized spacial score (nSPS) is 18.1. The van der Waals surface area contributed by atoms with Crippen LogP contribution in [-0.2, 0) is 21.5 Å². The third kappa shape index (κ3) is 4.26. The predicted molar refractivity (Wildman–Crippen MR) is 149 cm³/mol. The molecule has 0 bridgehead atoms. The third-order valence-electron chi connectivity index (χ3n) is 6.04. The Kier molecular flexibility index (Phi) is 6.55. The Balaban J connectivity index is 1.66. The van der Waals surface area contributed by atoms with Gasteiger partial charge in [-0.2, -0.15) is 18.5 Å². The molecule has 2 aliphatic heterocycles. The molecule has 1 amide bonds. The van der Waals surface area contributed by atoms with Crippen molar-refractivity contribution in [1.82, 2.24) is 4.57 Å². The van der Waals surface area contributed by atoms with Crippen molar-refractivity contribution in [3.8, 4) is 5.75 Å². The molecule has 0 saturated carbocycles. The smallest absolute Gasteiger partial charge is 0.294 e. The van der Waals surface area contributed by atoms with E-state index in [2.05, 4.69) is 11.7 Å². The first-order valence-corrected chi connectivity index (χ1v) is 14.3. The Hall–Kier alpha value is -3.65. The van der Waals surface area contributed by atoms with Gasteiger partial charge in [-0.3, -0.25) is 18.7 Å². The molecule has 0 spiro atoms. The first kappa shape index (κ1) is 26.0. The zero-order valence-corrected chi connectivity index (χ0v) is 23.0. The molecule has 2 aromatic carbocycles. The number of allylic oxidation sites excluding steroid dienone is 1. The highest BCUT2D eigenvalue weighted by molar-refractivity contribution is 8.08. The second-order valence-electron chi connectivity index (χ2n) is 8.39. The van der Waals surface area contributed by atoms with E-state index in [4.69, 9.17) is 4.74 Å². The zero-order valence-electron chi connectivity index (χ0n) is 20.5. The van der Waals surface area contributed by atoms with E-state index in [1.165, 1.54) is 51.9 Å². The van der Waals surface area contributed by atoms with Gasteiger partial charge in [0.15, 0.2) is 0 Å². The number of carbonyl (C=O) groups excluding carboxylic acids is 1. The molecule has 0 atom stereocenters. The Morgan fingerprint density at radius 2 is 1.87 bits per heavy atom. The molecule has 0 radical (unpaired) electrons. The summed E-state index contributed by atoms with van der Waals surface area (Å²) in [5.41, 5.74) is 1.66. The molecule has 0 saturated heterocycles. The van der Waals surface area contributed by atoms with Crippen LogP contribution in [0.1, 0.15) is 6.92 Å². The quantitative estimate of drug-likeness (QED) is 0.366. The summed E-state index contributed by atoms with van der Waals surface area (Å²) in [7, 11) is -0.902. The molecule has 196 valence electrons. The van der Waals surface area contributed by atoms with Crippen molar-refractivity contribution in [1.29, 1.82) is 0 Å². The predicted octanol–water partition coefficient (Wildman–Crippen LogP) is 2.23. The summed E-state index contributed by atoms with van der Waals surface area (Å²) in [5.74, 6) is 0.246. The molecule has 1 N–H and O–H groups in total. The number of ether oxygens (including phenoxy) is 1. The van der Waals surface area contributed by atoms with E-state index in [9.17, 15) is 22.6 Å². The minimum Gasteiger partial charge on any atom is -0.497 e. The largest absolute Gasteiger partial charge is 0.497 e. The van der Waals surface area contributed by atoms with Gasteiger partial charge >= 0.3 is 0 Å². The number of rotatable bonds is 5. The summed E-state index contributed by atoms with van der Waals surface area (Å²) >= 11 is 2.68. The van der Waals surface area contributed by atoms with Gasteiger partial charge in [0.2, 0.25) is 0 Å². The molecule has 3 aromatic rings. The van der Waals surface area contributed by atoms with Crippen LogP contribution in [0, 0.1) is 0 Å². The Bertz CT molecular complexity index is 1820. The van der Waals surface area contributed by atoms with Crippen molar-refractivity contribution in [3.63, 3.8) is 0 Å². The van der Waals surface area contributed by atoms with Crippen LogP contribution in [0.4, 0.5) is 11.4 Å². The molecule has 1 aromatic heterocycles. The topological polar surface area (TPSA) is 122 Å². The lowest BCUT2D eigenvalue weighted by Crippen LogP contribution is -2.35. The van der Waals surface area contributed by atoms with E-state index in [1.54, 1.807) is 20.1 Å². The molecule has 0 aliphatic carbocycles. The number of anilines is 2. The number of carbonyl (C=O) groups is 1. The van der Waals surface area contributed by atoms with E-state index in [0.29, 0.717) is 26.3 Å². The van der Waals surface area contributed by atoms with Crippen molar-refractivity contribution in [2.24, 2.45) is 5.10 Å². The highest BCUT2D eigenvalue weighted by atomic mass is 32.2. The minimum absolute atomic E-state index is 0.195. The van der Waals surface area contributed by atoms with Gasteiger partial charge in [-0.05, 0) is 43.3 Å². The maximum atomic E-state index is 13.6. The van der Waals surface area contributed by atoms with E-state index >= 15 is 0 Å². The molecule has 2 aliphatic rings. The number of amides is 1. The minimum atomic E-state index is -4.38. The van der Waals surface area contributed by atoms with Crippen molar-refractivity contribution in [3.05, 3.63) is 74.7 Å². The number of aromatic nitrogens is 1. The average Bonchev–Trinajstić information content (AvgIpc) is 3.49. The van der Waals surface area contributed by atoms with Gasteiger partial charge in [0.1, 0.15) is 20.0 Å². The average molecular weight is 571 g/mol. The Labute approximate surface area is 226 Å². The SMILES string of the molecule is C=CCn1c(=C2C(=O)N(c3ccc(S(=O)(=O)O)cc3)N=C2C)sc(=C2Sc3ccc(OC)cc3N2C)c1=O. The van der Waals surface area contributed by atoms with Crippen LogP contribution in [0.15, 0.2) is 74.8 Å². The lowest BCUT2D eigenvalue weighted by atomic mass is 10.2. The number of hydrogen-bond donors (Lipinski definition) is 1. The van der Waals surface area contributed by atoms with Gasteiger partial charge < -0.3 is 9.64 Å². The second-order valence-corrected chi connectivity index (χ2v) is 11.8. The van der Waals surface area contributed by atoms with Gasteiger partial charge in [0, 0.05) is 24.6 Å². The molecule has 0 fully saturated rings. The van der Waals surface area contributed by atoms with Gasteiger partial charge in [0.25, 0.3) is 21.6 Å². The standard InChI is InChI=1S/C25H22N4O6S3/c1-5-12-28-23(31)21(25-27(3)18-13-16(35-4)8-11-19(18)36-25)37-24(28)20-14(2)26-29(22(20)30)15-6-9-17(10-7-15)38(32,33)34/h5-11,13H,1,12H2,2-4H3,(H,32,33,34). The molecular formula is C25H22N4O6S3. The number of fused-ring (bicyclic) bond motifs is 1. The van der Waals surface area contributed by atoms with Crippen LogP contribution >= 0.6 is 23.1 Å². The highest BCUT2D eigenvalue weighted by Gasteiger charge is 2.32. The first-order chi connectivity index (χ1) is 18.0. The Morgan fingerprint density at radius 3 is 2.50 bits per heavy atom. The number of thioether (sulfide) groups is 1. The van der Waals surface area contributed by atoms with E-state index in [-0.39, 0.29) is 22.6 Å². The van der Waals surface area contributed by atoms with Crippen LogP contribution < -0.4 is 29.4 Å². The summed E-state index contributed by atoms with van der Waals surface area (Å²) in [4.78, 5) is 29.8. The number of nitrogens with zero attached hydrogens (tertiary/aromatic N) is 4. The van der Waals surface area contributed by atoms with Crippen LogP contribution in [-0.4, -0.2) is 43.3 Å². The van der Waals surface area contributed by atoms with Crippen LogP contribution in [0.2, 0.25) is 0 Å². The number of methoxy groups -OCH3 is 1. The van der Waals surface area contributed by atoms with Gasteiger partial charge in [-0.25, -0.2) is 0 Å². The summed E-state index contributed by atoms with van der Waals surface area (Å²) in [5, 5.41) is 6.26. The molecule has 10 nitrogen and oxygen atoms in total. The fourth-order valence-electron chi connectivity index (χ4n) is 4.17. The maximum absolute atomic E-state index is 13.6. The fraction of sp³-hybridized carbons (Fsp3) is 0.160. The number of hydrogen-bond acceptors (Lipinski definition) is 9. The lowest BCUT2D eigenvalue weighted by Gasteiger charge is -2.13. The van der Waals surface area contributed by atoms with Crippen LogP contribution in [0.3, 0.4) is 0 Å². The third-order valence-corrected chi connectivity index (χ3v) is 9.46. The molecule has 0 unspecified atom stereocenters. The van der Waals surface area contributed by atoms with Gasteiger partial charge in [0.05, 0.1) is 34.7 Å². The summed E-state index contributed by atoms with van der Waals surface area (Å²) in [6, 6.07) is 10.8. The molecule has 38 heavy (non-hydrogen) atoms. The molecular weight excluding hydrogens is 548 g/mol. The fourth-order valence-corrected chi connectivity index (χ4v) is 7.18. The summed E-state index contributed by atoms with van der Waals surface area (Å²) in [6.07, 6.45) is 1.59. The number of hydrazone groups is 1. The van der Waals surface area contributed by atoms with E-state index in [0.717, 1.165) is 20.6 Å². The lowest BCUT2D eigenvalue weighted by molar-refractivity contribution is -0.112. The maximum Gasteiger partial charge on any atom is 0.294 e. The van der Waals surface area contributed by atoms with Crippen molar-refractivity contribution in [2.75, 3.05) is 24.1 Å². The molecule has 3 heterocycles. The van der Waals surface area contributed by atoms with Crippen LogP contribution in [0.5, 0.6) is 5.75 Å². The van der Waals surface area contributed by atoms with E-state index < -0.39 is 16.0 Å². The summed E-state index contributed by atoms with van der Waals surface area (Å²) in [6.45, 7) is 5.64. The Morgan fingerprint density at radius 1 is 1.16 bits per heavy atom. The highest BCUT2D eigenvalue weighted by Crippen LogP contribution is 2.46. The number of thiazole rings is 1. The van der Waals surface area contributed by atoms with Crippen molar-refractivity contribution >= 4 is 66.8 Å². The molecule has 13 heteroatoms. The number of benzene rings is 2. The van der Waals surface area contributed by atoms with Gasteiger partial charge in [-0.1, -0.05) is 17.8 Å². The van der Waals surface area contributed by atoms with Crippen molar-refractivity contribution in [2.45, 2.75) is 23.3 Å². The summed E-state index contributed by atoms with van der Waals surface area (Å²) < 4.78 is 39.8. The second kappa shape index (κ2) is 9.58. The van der Waals surface area contributed by atoms with E-state index in [1.807, 2.05) is 30.1 Å². The first-order valence-electron chi connectivity index (χ1n) is 11.2. The zero-order chi connectivity index (χ0) is 27.4. The van der Waals surface area contributed by atoms with Crippen molar-refractivity contribution < 1.29 is 22.5 Å². The monoisotopic (exact) mass is 570 g/mol. The molecule has 5 rings (SSSR count).